The quantitative estimate of drug-likeness (QED) is 0.716. The van der Waals surface area contributed by atoms with E-state index in [-0.39, 0.29) is 27.7 Å². The summed E-state index contributed by atoms with van der Waals surface area (Å²) >= 11 is 5.97. The van der Waals surface area contributed by atoms with Gasteiger partial charge in [-0.15, -0.1) is 0 Å². The van der Waals surface area contributed by atoms with E-state index in [9.17, 15) is 26.4 Å². The van der Waals surface area contributed by atoms with Crippen LogP contribution in [0.25, 0.3) is 0 Å². The van der Waals surface area contributed by atoms with E-state index in [1.807, 2.05) is 0 Å². The molecule has 0 radical (unpaired) electrons. The van der Waals surface area contributed by atoms with E-state index >= 15 is 0 Å². The summed E-state index contributed by atoms with van der Waals surface area (Å²) in [5.41, 5.74) is -0.365. The molecular weight excluding hydrogens is 361 g/mol. The predicted molar refractivity (Wildman–Crippen MR) is 76.2 cm³/mol. The number of esters is 1. The van der Waals surface area contributed by atoms with Crippen molar-refractivity contribution in [3.8, 4) is 0 Å². The highest BCUT2D eigenvalue weighted by Gasteiger charge is 2.29. The van der Waals surface area contributed by atoms with Crippen molar-refractivity contribution in [2.75, 3.05) is 19.5 Å². The Labute approximate surface area is 136 Å². The van der Waals surface area contributed by atoms with Gasteiger partial charge in [-0.3, -0.25) is 0 Å². The maximum atomic E-state index is 12.2. The largest absolute Gasteiger partial charge is 0.462 e. The number of hydrogen-bond donors (Lipinski definition) is 0. The van der Waals surface area contributed by atoms with E-state index in [0.29, 0.717) is 0 Å². The SMILES string of the molecule is CCOC(=O)c1ccc(S(C)(=O)=O)c(COCC(F)(F)F)c1Cl. The summed E-state index contributed by atoms with van der Waals surface area (Å²) in [7, 11) is -3.77. The Balaban J connectivity index is 3.25. The molecule has 0 spiro atoms. The molecule has 1 rings (SSSR count). The number of sulfone groups is 1. The fraction of sp³-hybridized carbons (Fsp3) is 0.462. The summed E-state index contributed by atoms with van der Waals surface area (Å²) in [5, 5.41) is -0.312. The molecule has 10 heteroatoms. The van der Waals surface area contributed by atoms with Crippen molar-refractivity contribution in [1.29, 1.82) is 0 Å². The molecule has 0 fully saturated rings. The van der Waals surface area contributed by atoms with Crippen molar-refractivity contribution >= 4 is 27.4 Å². The minimum atomic E-state index is -4.57. The minimum Gasteiger partial charge on any atom is -0.462 e. The molecule has 0 saturated carbocycles. The third-order valence-electron chi connectivity index (χ3n) is 2.61. The highest BCUT2D eigenvalue weighted by atomic mass is 35.5. The zero-order valence-corrected chi connectivity index (χ0v) is 13.8. The van der Waals surface area contributed by atoms with Gasteiger partial charge in [0.15, 0.2) is 9.84 Å². The number of ether oxygens (including phenoxy) is 2. The lowest BCUT2D eigenvalue weighted by Crippen LogP contribution is -2.18. The Hall–Kier alpha value is -1.32. The van der Waals surface area contributed by atoms with E-state index in [1.54, 1.807) is 6.92 Å². The average Bonchev–Trinajstić information content (AvgIpc) is 2.37. The Morgan fingerprint density at radius 1 is 1.30 bits per heavy atom. The van der Waals surface area contributed by atoms with E-state index < -0.39 is 35.2 Å². The molecule has 23 heavy (non-hydrogen) atoms. The normalized spacial score (nSPS) is 12.3. The van der Waals surface area contributed by atoms with Crippen LogP contribution < -0.4 is 0 Å². The van der Waals surface area contributed by atoms with Gasteiger partial charge in [0.1, 0.15) is 6.61 Å². The summed E-state index contributed by atoms with van der Waals surface area (Å²) in [5.74, 6) is -0.811. The van der Waals surface area contributed by atoms with Gasteiger partial charge in [0.05, 0.1) is 28.7 Å². The molecule has 130 valence electrons. The van der Waals surface area contributed by atoms with Crippen LogP contribution in [0.3, 0.4) is 0 Å². The van der Waals surface area contributed by atoms with Crippen LogP contribution in [0.2, 0.25) is 5.02 Å². The summed E-state index contributed by atoms with van der Waals surface area (Å²) < 4.78 is 69.1. The monoisotopic (exact) mass is 374 g/mol. The lowest BCUT2D eigenvalue weighted by Gasteiger charge is -2.14. The van der Waals surface area contributed by atoms with Crippen molar-refractivity contribution in [3.05, 3.63) is 28.3 Å². The van der Waals surface area contributed by atoms with Crippen LogP contribution in [-0.2, 0) is 25.9 Å². The number of carbonyl (C=O) groups is 1. The second-order valence-electron chi connectivity index (χ2n) is 4.50. The average molecular weight is 375 g/mol. The van der Waals surface area contributed by atoms with Gasteiger partial charge in [0.25, 0.3) is 0 Å². The van der Waals surface area contributed by atoms with Crippen molar-refractivity contribution < 1.29 is 35.9 Å². The Morgan fingerprint density at radius 3 is 2.39 bits per heavy atom. The third-order valence-corrected chi connectivity index (χ3v) is 4.22. The van der Waals surface area contributed by atoms with Crippen LogP contribution in [0.4, 0.5) is 13.2 Å². The molecule has 0 heterocycles. The predicted octanol–water partition coefficient (Wildman–Crippen LogP) is 3.00. The summed E-state index contributed by atoms with van der Waals surface area (Å²) in [4.78, 5) is 11.4. The van der Waals surface area contributed by atoms with Gasteiger partial charge in [-0.2, -0.15) is 13.2 Å². The second-order valence-corrected chi connectivity index (χ2v) is 6.87. The van der Waals surface area contributed by atoms with Crippen molar-refractivity contribution in [1.82, 2.24) is 0 Å². The molecule has 0 aliphatic heterocycles. The number of hydrogen-bond acceptors (Lipinski definition) is 5. The number of alkyl halides is 3. The first-order valence-corrected chi connectivity index (χ1v) is 8.57. The second kappa shape index (κ2) is 7.50. The molecule has 5 nitrogen and oxygen atoms in total. The summed E-state index contributed by atoms with van der Waals surface area (Å²) in [6, 6.07) is 2.23. The molecule has 0 N–H and O–H groups in total. The zero-order chi connectivity index (χ0) is 17.8. The molecule has 0 amide bonds. The third kappa shape index (κ3) is 5.67. The molecule has 0 bridgehead atoms. The fourth-order valence-electron chi connectivity index (χ4n) is 1.72. The van der Waals surface area contributed by atoms with Crippen LogP contribution in [-0.4, -0.2) is 40.0 Å². The molecule has 0 aromatic heterocycles. The fourth-order valence-corrected chi connectivity index (χ4v) is 3.00. The van der Waals surface area contributed by atoms with Crippen LogP contribution in [0.5, 0.6) is 0 Å². The van der Waals surface area contributed by atoms with Crippen LogP contribution in [0, 0.1) is 0 Å². The van der Waals surface area contributed by atoms with E-state index in [2.05, 4.69) is 4.74 Å². The van der Waals surface area contributed by atoms with E-state index in [4.69, 9.17) is 16.3 Å². The highest BCUT2D eigenvalue weighted by Crippen LogP contribution is 2.30. The van der Waals surface area contributed by atoms with E-state index in [0.717, 1.165) is 18.4 Å². The van der Waals surface area contributed by atoms with Gasteiger partial charge in [0, 0.05) is 11.8 Å². The van der Waals surface area contributed by atoms with Crippen LogP contribution in [0.1, 0.15) is 22.8 Å². The smallest absolute Gasteiger partial charge is 0.411 e. The molecule has 0 unspecified atom stereocenters. The summed E-state index contributed by atoms with van der Waals surface area (Å²) in [6.45, 7) is -0.670. The number of rotatable bonds is 6. The van der Waals surface area contributed by atoms with Gasteiger partial charge >= 0.3 is 12.1 Å². The number of benzene rings is 1. The van der Waals surface area contributed by atoms with Crippen LogP contribution in [0.15, 0.2) is 17.0 Å². The molecule has 1 aromatic carbocycles. The molecule has 0 atom stereocenters. The van der Waals surface area contributed by atoms with Gasteiger partial charge in [0.2, 0.25) is 0 Å². The van der Waals surface area contributed by atoms with Gasteiger partial charge in [-0.1, -0.05) is 11.6 Å². The van der Waals surface area contributed by atoms with Crippen molar-refractivity contribution in [2.24, 2.45) is 0 Å². The van der Waals surface area contributed by atoms with Gasteiger partial charge < -0.3 is 9.47 Å². The standard InChI is InChI=1S/C13H14ClF3O5S/c1-3-22-12(18)8-4-5-10(23(2,19)20)9(11(8)14)6-21-7-13(15,16)17/h4-5H,3,6-7H2,1-2H3. The van der Waals surface area contributed by atoms with Gasteiger partial charge in [-0.05, 0) is 19.1 Å². The Kier molecular flexibility index (Phi) is 6.43. The first-order chi connectivity index (χ1) is 10.5. The topological polar surface area (TPSA) is 69.7 Å². The lowest BCUT2D eigenvalue weighted by atomic mass is 10.1. The molecular formula is C13H14ClF3O5S. The Bertz CT molecular complexity index is 686. The van der Waals surface area contributed by atoms with Crippen molar-refractivity contribution in [3.63, 3.8) is 0 Å². The molecule has 0 saturated heterocycles. The molecule has 1 aromatic rings. The zero-order valence-electron chi connectivity index (χ0n) is 12.2. The lowest BCUT2D eigenvalue weighted by molar-refractivity contribution is -0.176. The van der Waals surface area contributed by atoms with Crippen molar-refractivity contribution in [2.45, 2.75) is 24.6 Å². The summed E-state index contributed by atoms with van der Waals surface area (Å²) in [6.07, 6.45) is -3.70. The molecule has 0 aliphatic carbocycles. The van der Waals surface area contributed by atoms with Crippen LogP contribution >= 0.6 is 11.6 Å². The first kappa shape index (κ1) is 19.7. The maximum Gasteiger partial charge on any atom is 0.411 e. The first-order valence-electron chi connectivity index (χ1n) is 6.30. The minimum absolute atomic E-state index is 0.0584. The van der Waals surface area contributed by atoms with E-state index in [1.165, 1.54) is 0 Å². The number of carbonyl (C=O) groups excluding carboxylic acids is 1. The maximum absolute atomic E-state index is 12.2. The van der Waals surface area contributed by atoms with Gasteiger partial charge in [-0.25, -0.2) is 13.2 Å². The Morgan fingerprint density at radius 2 is 1.91 bits per heavy atom. The number of halogens is 4. The highest BCUT2D eigenvalue weighted by molar-refractivity contribution is 7.90. The molecule has 0 aliphatic rings.